The molecule has 0 spiro atoms. The highest BCUT2D eigenvalue weighted by Crippen LogP contribution is 2.29. The van der Waals surface area contributed by atoms with E-state index in [1.54, 1.807) is 18.2 Å². The van der Waals surface area contributed by atoms with Crippen molar-refractivity contribution in [2.45, 2.75) is 6.92 Å². The molecule has 0 aliphatic rings. The van der Waals surface area contributed by atoms with Crippen LogP contribution in [0.5, 0.6) is 0 Å². The highest BCUT2D eigenvalue weighted by molar-refractivity contribution is 6.39. The molecule has 0 saturated carbocycles. The average molecular weight is 330 g/mol. The van der Waals surface area contributed by atoms with Gasteiger partial charge in [-0.05, 0) is 36.8 Å². The lowest BCUT2D eigenvalue weighted by Crippen LogP contribution is -2.13. The number of nitrogens with one attached hydrogen (secondary N) is 1. The Bertz CT molecular complexity index is 663. The Kier molecular flexibility index (Phi) is 4.43. The molecule has 2 aromatic rings. The van der Waals surface area contributed by atoms with E-state index in [1.807, 2.05) is 6.92 Å². The maximum absolute atomic E-state index is 12.2. The summed E-state index contributed by atoms with van der Waals surface area (Å²) in [6.07, 6.45) is 0. The summed E-state index contributed by atoms with van der Waals surface area (Å²) in [7, 11) is 0. The van der Waals surface area contributed by atoms with Crippen molar-refractivity contribution in [1.29, 1.82) is 0 Å². The van der Waals surface area contributed by atoms with Gasteiger partial charge in [0.2, 0.25) is 0 Å². The lowest BCUT2D eigenvalue weighted by Gasteiger charge is -2.10. The van der Waals surface area contributed by atoms with Gasteiger partial charge in [0.1, 0.15) is 0 Å². The van der Waals surface area contributed by atoms with Crippen LogP contribution in [0.1, 0.15) is 15.9 Å². The summed E-state index contributed by atoms with van der Waals surface area (Å²) in [5, 5.41) is 3.82. The number of carbonyl (C=O) groups is 1. The number of hydrogen-bond donors (Lipinski definition) is 2. The molecule has 6 heteroatoms. The van der Waals surface area contributed by atoms with Crippen LogP contribution in [0.3, 0.4) is 0 Å². The molecule has 104 valence electrons. The Labute approximate surface area is 131 Å². The SMILES string of the molecule is Cc1c(Cl)cccc1NC(=O)c1cc(Cl)c(N)c(Cl)c1. The van der Waals surface area contributed by atoms with Crippen LogP contribution in [0, 0.1) is 6.92 Å². The fraction of sp³-hybridized carbons (Fsp3) is 0.0714. The normalized spacial score (nSPS) is 10.4. The van der Waals surface area contributed by atoms with E-state index in [-0.39, 0.29) is 21.6 Å². The van der Waals surface area contributed by atoms with Crippen LogP contribution < -0.4 is 11.1 Å². The molecular formula is C14H11Cl3N2O. The van der Waals surface area contributed by atoms with Crippen LogP contribution in [-0.2, 0) is 0 Å². The third-order valence-corrected chi connectivity index (χ3v) is 3.89. The molecule has 3 nitrogen and oxygen atoms in total. The van der Waals surface area contributed by atoms with E-state index in [2.05, 4.69) is 5.32 Å². The molecule has 1 amide bonds. The Hall–Kier alpha value is -1.42. The third-order valence-electron chi connectivity index (χ3n) is 2.86. The maximum Gasteiger partial charge on any atom is 0.255 e. The predicted octanol–water partition coefficient (Wildman–Crippen LogP) is 4.79. The van der Waals surface area contributed by atoms with Crippen LogP contribution in [0.2, 0.25) is 15.1 Å². The Balaban J connectivity index is 2.31. The number of halogens is 3. The second-order valence-corrected chi connectivity index (χ2v) is 5.44. The number of hydrogen-bond acceptors (Lipinski definition) is 2. The first-order chi connectivity index (χ1) is 9.40. The maximum atomic E-state index is 12.2. The number of rotatable bonds is 2. The first-order valence-corrected chi connectivity index (χ1v) is 6.84. The smallest absolute Gasteiger partial charge is 0.255 e. The van der Waals surface area contributed by atoms with Gasteiger partial charge in [-0.3, -0.25) is 4.79 Å². The predicted molar refractivity (Wildman–Crippen MR) is 85.0 cm³/mol. The fourth-order valence-electron chi connectivity index (χ4n) is 1.65. The van der Waals surface area contributed by atoms with E-state index in [4.69, 9.17) is 40.5 Å². The number of amides is 1. The minimum atomic E-state index is -0.334. The van der Waals surface area contributed by atoms with Crippen molar-refractivity contribution >= 4 is 52.1 Å². The molecule has 0 aliphatic heterocycles. The molecule has 0 bridgehead atoms. The summed E-state index contributed by atoms with van der Waals surface area (Å²) < 4.78 is 0. The van der Waals surface area contributed by atoms with Gasteiger partial charge in [0, 0.05) is 16.3 Å². The molecule has 20 heavy (non-hydrogen) atoms. The molecule has 2 rings (SSSR count). The highest BCUT2D eigenvalue weighted by atomic mass is 35.5. The zero-order valence-corrected chi connectivity index (χ0v) is 12.8. The topological polar surface area (TPSA) is 55.1 Å². The van der Waals surface area contributed by atoms with E-state index in [9.17, 15) is 4.79 Å². The first kappa shape index (κ1) is 15.0. The lowest BCUT2D eigenvalue weighted by atomic mass is 10.1. The highest BCUT2D eigenvalue weighted by Gasteiger charge is 2.13. The van der Waals surface area contributed by atoms with Gasteiger partial charge in [-0.2, -0.15) is 0 Å². The monoisotopic (exact) mass is 328 g/mol. The Morgan fingerprint density at radius 1 is 1.10 bits per heavy atom. The van der Waals surface area contributed by atoms with Crippen molar-refractivity contribution in [2.75, 3.05) is 11.1 Å². The molecule has 2 aromatic carbocycles. The van der Waals surface area contributed by atoms with Crippen molar-refractivity contribution in [3.8, 4) is 0 Å². The van der Waals surface area contributed by atoms with Crippen molar-refractivity contribution in [3.05, 3.63) is 56.5 Å². The molecule has 0 atom stereocenters. The summed E-state index contributed by atoms with van der Waals surface area (Å²) in [5.74, 6) is -0.334. The van der Waals surface area contributed by atoms with Gasteiger partial charge in [0.15, 0.2) is 0 Å². The molecule has 0 radical (unpaired) electrons. The van der Waals surface area contributed by atoms with E-state index in [0.717, 1.165) is 5.56 Å². The summed E-state index contributed by atoms with van der Waals surface area (Å²) in [6.45, 7) is 1.82. The van der Waals surface area contributed by atoms with E-state index in [1.165, 1.54) is 12.1 Å². The molecule has 0 aromatic heterocycles. The number of carbonyl (C=O) groups excluding carboxylic acids is 1. The Morgan fingerprint density at radius 3 is 2.30 bits per heavy atom. The van der Waals surface area contributed by atoms with E-state index >= 15 is 0 Å². The van der Waals surface area contributed by atoms with Gasteiger partial charge in [0.25, 0.3) is 5.91 Å². The van der Waals surface area contributed by atoms with E-state index < -0.39 is 0 Å². The van der Waals surface area contributed by atoms with Crippen molar-refractivity contribution in [3.63, 3.8) is 0 Å². The second kappa shape index (κ2) is 5.92. The molecule has 3 N–H and O–H groups in total. The van der Waals surface area contributed by atoms with Crippen LogP contribution in [0.25, 0.3) is 0 Å². The van der Waals surface area contributed by atoms with Crippen molar-refractivity contribution < 1.29 is 4.79 Å². The summed E-state index contributed by atoms with van der Waals surface area (Å²) in [6, 6.07) is 8.22. The minimum Gasteiger partial charge on any atom is -0.396 e. The number of benzene rings is 2. The zero-order chi connectivity index (χ0) is 14.9. The summed E-state index contributed by atoms with van der Waals surface area (Å²) >= 11 is 17.8. The van der Waals surface area contributed by atoms with Gasteiger partial charge in [-0.25, -0.2) is 0 Å². The van der Waals surface area contributed by atoms with Gasteiger partial charge in [-0.1, -0.05) is 40.9 Å². The number of nitrogens with two attached hydrogens (primary N) is 1. The zero-order valence-electron chi connectivity index (χ0n) is 10.5. The van der Waals surface area contributed by atoms with Crippen molar-refractivity contribution in [1.82, 2.24) is 0 Å². The van der Waals surface area contributed by atoms with Gasteiger partial charge >= 0.3 is 0 Å². The van der Waals surface area contributed by atoms with Crippen LogP contribution in [0.4, 0.5) is 11.4 Å². The molecule has 0 unspecified atom stereocenters. The fourth-order valence-corrected chi connectivity index (χ4v) is 2.31. The van der Waals surface area contributed by atoms with Crippen LogP contribution >= 0.6 is 34.8 Å². The van der Waals surface area contributed by atoms with E-state index in [0.29, 0.717) is 16.3 Å². The van der Waals surface area contributed by atoms with Gasteiger partial charge in [-0.15, -0.1) is 0 Å². The molecular weight excluding hydrogens is 319 g/mol. The molecule has 0 saturated heterocycles. The third kappa shape index (κ3) is 3.01. The summed E-state index contributed by atoms with van der Waals surface area (Å²) in [4.78, 5) is 12.2. The van der Waals surface area contributed by atoms with Gasteiger partial charge in [0.05, 0.1) is 15.7 Å². The van der Waals surface area contributed by atoms with Crippen molar-refractivity contribution in [2.24, 2.45) is 0 Å². The van der Waals surface area contributed by atoms with Crippen LogP contribution in [0.15, 0.2) is 30.3 Å². The standard InChI is InChI=1S/C14H11Cl3N2O/c1-7-9(15)3-2-4-12(7)19-14(20)8-5-10(16)13(18)11(17)6-8/h2-6H,18H2,1H3,(H,19,20). The number of nitrogen functional groups attached to an aromatic ring is 1. The lowest BCUT2D eigenvalue weighted by molar-refractivity contribution is 0.102. The first-order valence-electron chi connectivity index (χ1n) is 5.71. The molecule has 0 heterocycles. The number of anilines is 2. The summed E-state index contributed by atoms with van der Waals surface area (Å²) in [5.41, 5.74) is 7.63. The van der Waals surface area contributed by atoms with Gasteiger partial charge < -0.3 is 11.1 Å². The Morgan fingerprint density at radius 2 is 1.70 bits per heavy atom. The minimum absolute atomic E-state index is 0.241. The van der Waals surface area contributed by atoms with Crippen LogP contribution in [-0.4, -0.2) is 5.91 Å². The quantitative estimate of drug-likeness (QED) is 0.778. The molecule has 0 aliphatic carbocycles. The molecule has 0 fully saturated rings. The second-order valence-electron chi connectivity index (χ2n) is 4.22. The average Bonchev–Trinajstić information content (AvgIpc) is 2.40. The largest absolute Gasteiger partial charge is 0.396 e.